The van der Waals surface area contributed by atoms with E-state index in [9.17, 15) is 56.6 Å². The number of rotatable bonds is 16. The number of hydrogen-bond donors (Lipinski definition) is 6. The molecular weight excluding hydrogens is 1610 g/mol. The van der Waals surface area contributed by atoms with Gasteiger partial charge in [0.25, 0.3) is 23.6 Å². The van der Waals surface area contributed by atoms with E-state index < -0.39 is 41.6 Å². The van der Waals surface area contributed by atoms with Gasteiger partial charge in [0, 0.05) is 109 Å². The molecule has 1 aromatic heterocycles. The third kappa shape index (κ3) is 19.7. The highest BCUT2D eigenvalue weighted by Crippen LogP contribution is 2.41. The number of hydrogen-bond acceptors (Lipinski definition) is 14. The van der Waals surface area contributed by atoms with Gasteiger partial charge in [-0.15, -0.1) is 0 Å². The van der Waals surface area contributed by atoms with E-state index in [1.807, 2.05) is 48.5 Å². The maximum Gasteiger partial charge on any atom is 0.255 e. The topological polar surface area (TPSA) is 260 Å². The molecule has 20 rings (SSSR count). The molecule has 0 saturated carbocycles. The molecule has 0 spiro atoms. The molecule has 13 heterocycles. The summed E-state index contributed by atoms with van der Waals surface area (Å²) in [6.07, 6.45) is 15.5. The van der Waals surface area contributed by atoms with Crippen LogP contribution in [0.25, 0.3) is 0 Å². The van der Waals surface area contributed by atoms with E-state index >= 15 is 0 Å². The fraction of sp³-hybridized carbons (Fsp3) is 0.396. The molecular formula is C101H111F3N14O9. The number of fused-ring (bicyclic) bond motifs is 4. The van der Waals surface area contributed by atoms with Crippen LogP contribution >= 0.6 is 0 Å². The van der Waals surface area contributed by atoms with Crippen molar-refractivity contribution in [2.24, 2.45) is 0 Å². The third-order valence-electron chi connectivity index (χ3n) is 27.9. The van der Waals surface area contributed by atoms with Gasteiger partial charge in [-0.1, -0.05) is 117 Å². The lowest BCUT2D eigenvalue weighted by atomic mass is 9.87. The average Bonchev–Trinajstić information content (AvgIpc) is 1.64. The van der Waals surface area contributed by atoms with Crippen molar-refractivity contribution in [3.05, 3.63) is 307 Å². The summed E-state index contributed by atoms with van der Waals surface area (Å²) >= 11 is 0. The average molecular weight is 1720 g/mol. The van der Waals surface area contributed by atoms with E-state index in [0.717, 1.165) is 203 Å². The molecule has 127 heavy (non-hydrogen) atoms. The number of allylic oxidation sites excluding steroid dienone is 4. The summed E-state index contributed by atoms with van der Waals surface area (Å²) in [5.74, 6) is -1.89. The van der Waals surface area contributed by atoms with Crippen LogP contribution in [0.5, 0.6) is 5.75 Å². The van der Waals surface area contributed by atoms with Crippen LogP contribution in [-0.4, -0.2) is 178 Å². The Labute approximate surface area is 739 Å². The van der Waals surface area contributed by atoms with Gasteiger partial charge in [0.1, 0.15) is 30.0 Å². The molecule has 660 valence electrons. The molecule has 4 atom stereocenters. The quantitative estimate of drug-likeness (QED) is 0.0526. The van der Waals surface area contributed by atoms with Crippen molar-refractivity contribution in [2.45, 2.75) is 203 Å². The van der Waals surface area contributed by atoms with Crippen molar-refractivity contribution < 1.29 is 56.6 Å². The monoisotopic (exact) mass is 1720 g/mol. The minimum atomic E-state index is -0.942. The minimum absolute atomic E-state index is 0.0214. The number of aromatic amines is 1. The van der Waals surface area contributed by atoms with Crippen molar-refractivity contribution in [2.75, 3.05) is 52.4 Å². The number of halogens is 3. The molecule has 8 saturated heterocycles. The van der Waals surface area contributed by atoms with Crippen LogP contribution in [0.15, 0.2) is 201 Å². The lowest BCUT2D eigenvalue weighted by molar-refractivity contribution is -0.127. The van der Waals surface area contributed by atoms with Crippen LogP contribution in [0.2, 0.25) is 0 Å². The number of piperidine rings is 8. The summed E-state index contributed by atoms with van der Waals surface area (Å²) in [5.41, 5.74) is 19.1. The van der Waals surface area contributed by atoms with Crippen molar-refractivity contribution in [3.8, 4) is 5.75 Å². The van der Waals surface area contributed by atoms with E-state index in [-0.39, 0.29) is 53.1 Å². The number of nitrogens with zero attached hydrogens (tertiary/aromatic N) is 9. The van der Waals surface area contributed by atoms with Crippen LogP contribution in [-0.2, 0) is 71.5 Å². The van der Waals surface area contributed by atoms with Gasteiger partial charge in [0.05, 0.1) is 0 Å². The zero-order valence-electron chi connectivity index (χ0n) is 71.9. The summed E-state index contributed by atoms with van der Waals surface area (Å²) in [7, 11) is 0. The highest BCUT2D eigenvalue weighted by Gasteiger charge is 2.44. The van der Waals surface area contributed by atoms with Crippen molar-refractivity contribution in [1.82, 2.24) is 70.7 Å². The van der Waals surface area contributed by atoms with Gasteiger partial charge in [0.15, 0.2) is 17.4 Å². The predicted molar refractivity (Wildman–Crippen MR) is 475 cm³/mol. The summed E-state index contributed by atoms with van der Waals surface area (Å²) < 4.78 is 40.4. The molecule has 0 aliphatic carbocycles. The number of phenols is 1. The number of aromatic nitrogens is 2. The van der Waals surface area contributed by atoms with E-state index in [2.05, 4.69) is 150 Å². The largest absolute Gasteiger partial charge is 0.503 e. The first-order valence-electron chi connectivity index (χ1n) is 45.0. The Balaban J connectivity index is 0.000000119. The number of H-pyrrole nitrogens is 1. The summed E-state index contributed by atoms with van der Waals surface area (Å²) in [5, 5.41) is 27.5. The zero-order valence-corrected chi connectivity index (χ0v) is 71.9. The van der Waals surface area contributed by atoms with Gasteiger partial charge < -0.3 is 46.0 Å². The predicted octanol–water partition coefficient (Wildman–Crippen LogP) is 14.1. The summed E-state index contributed by atoms with van der Waals surface area (Å²) in [6.45, 7) is 28.3. The van der Waals surface area contributed by atoms with Crippen LogP contribution < -0.4 is 21.3 Å². The van der Waals surface area contributed by atoms with E-state index in [1.165, 1.54) is 52.1 Å². The highest BCUT2D eigenvalue weighted by atomic mass is 19.1. The molecule has 6 N–H and O–H groups in total. The van der Waals surface area contributed by atoms with Gasteiger partial charge in [-0.3, -0.25) is 63.1 Å². The Morgan fingerprint density at radius 1 is 0.339 bits per heavy atom. The van der Waals surface area contributed by atoms with Crippen LogP contribution in [0.4, 0.5) is 13.2 Å². The van der Waals surface area contributed by atoms with Crippen LogP contribution in [0, 0.1) is 17.5 Å². The standard InChI is InChI=1S/C26H27F2N3O3.C26H28FN3O2.C26H29N3O2.C23H27N5O2/c1-15-2-5-23(25(33)29-15)31-14-19-12-18(3-4-20(19)26(31)34)17-6-8-30(9-7-17)13-16-10-21(27)24(32)22(28)11-16;1-17-2-9-24(25(31)28-17)30-16-21-14-20(5-8-23(21)26(30)32)19-10-12-29(13-11-19)15-18-3-6-22(27)7-4-18;1-18-7-10-24(25(30)27-18)29-17-22-15-21(8-9-23(22)26(29)31)20-11-13-28(14-12-20)16-19-5-3-2-4-6-19;1-15-2-5-21(22(29)25-15)28-13-18-12-17(3-4-20(18)23(28)30)16-7-10-27(11-8-16)14-19-6-9-24-26-19/h3-4,10-12,17,23,32H,1-2,5-9,13-14H2,(H,29,33);3-8,14,19,24H,1-2,9-13,15-16H2,(H,28,31);2-6,8-9,15,20,24H,1,7,10-14,16-17H2,(H,27,30);3-4,6,9,12,16,21H,1-2,5,7-8,10-11,13-14H2,(H,24,26)(H,25,29). The van der Waals surface area contributed by atoms with E-state index in [0.29, 0.717) is 112 Å². The number of carbonyl (C=O) groups is 8. The second-order valence-electron chi connectivity index (χ2n) is 36.3. The Bertz CT molecular complexity index is 5550. The first kappa shape index (κ1) is 87.0. The number of amides is 8. The number of aromatic hydroxyl groups is 1. The van der Waals surface area contributed by atoms with Crippen LogP contribution in [0.1, 0.15) is 235 Å². The van der Waals surface area contributed by atoms with E-state index in [4.69, 9.17) is 0 Å². The lowest BCUT2D eigenvalue weighted by Gasteiger charge is -2.32. The first-order chi connectivity index (χ1) is 61.4. The SMILES string of the molecule is C=C1CCC(N2Cc3cc(C4CCN(Cc5cc(F)c(O)c(F)c5)CC4)ccc3C2=O)C(=O)N1.C=C1CCC(N2Cc3cc(C4CCN(Cc5ccc(F)cc5)CC4)ccc3C2=O)C(=O)N1.C=C1CCC(N2Cc3cc(C4CCN(Cc5ccccc5)CC4)ccc3C2=O)C(=O)N1.C=C1CCC(N2Cc3cc(C4CCN(Cc5ccn[nH]5)CC4)ccc3C2=O)C(=O)N1. The Morgan fingerprint density at radius 2 is 0.630 bits per heavy atom. The number of carbonyl (C=O) groups excluding carboxylic acids is 8. The minimum Gasteiger partial charge on any atom is -0.503 e. The molecule has 12 aliphatic rings. The van der Waals surface area contributed by atoms with Crippen molar-refractivity contribution in [3.63, 3.8) is 0 Å². The molecule has 7 aromatic carbocycles. The van der Waals surface area contributed by atoms with E-state index in [1.54, 1.807) is 25.8 Å². The number of benzene rings is 7. The van der Waals surface area contributed by atoms with Gasteiger partial charge in [-0.05, 0) is 295 Å². The third-order valence-corrected chi connectivity index (χ3v) is 27.9. The Hall–Kier alpha value is -12.1. The molecule has 0 radical (unpaired) electrons. The second kappa shape index (κ2) is 38.2. The zero-order chi connectivity index (χ0) is 88.3. The van der Waals surface area contributed by atoms with Gasteiger partial charge in [0.2, 0.25) is 23.6 Å². The number of nitrogens with one attached hydrogen (secondary N) is 5. The summed E-state index contributed by atoms with van der Waals surface area (Å²) in [6, 6.07) is 44.9. The Morgan fingerprint density at radius 3 is 0.921 bits per heavy atom. The molecule has 0 bridgehead atoms. The highest BCUT2D eigenvalue weighted by molar-refractivity contribution is 6.04. The first-order valence-corrected chi connectivity index (χ1v) is 45.0. The molecule has 8 amide bonds. The fourth-order valence-electron chi connectivity index (χ4n) is 20.7. The molecule has 23 nitrogen and oxygen atoms in total. The lowest BCUT2D eigenvalue weighted by Crippen LogP contribution is -2.49. The molecule has 8 fully saturated rings. The molecule has 12 aliphatic heterocycles. The van der Waals surface area contributed by atoms with Gasteiger partial charge >= 0.3 is 0 Å². The maximum absolute atomic E-state index is 13.6. The normalized spacial score (nSPS) is 22.3. The van der Waals surface area contributed by atoms with Crippen molar-refractivity contribution in [1.29, 1.82) is 0 Å². The molecule has 8 aromatic rings. The molecule has 4 unspecified atom stereocenters. The molecule has 26 heteroatoms. The van der Waals surface area contributed by atoms with Crippen LogP contribution in [0.3, 0.4) is 0 Å². The number of phenolic OH excluding ortho intramolecular Hbond substituents is 1. The smallest absolute Gasteiger partial charge is 0.255 e. The van der Waals surface area contributed by atoms with Crippen molar-refractivity contribution >= 4 is 47.3 Å². The maximum atomic E-state index is 13.6. The van der Waals surface area contributed by atoms with Gasteiger partial charge in [-0.2, -0.15) is 5.10 Å². The number of likely N-dealkylation sites (tertiary alicyclic amines) is 4. The fourth-order valence-corrected chi connectivity index (χ4v) is 20.7. The second-order valence-corrected chi connectivity index (χ2v) is 36.3. The Kier molecular flexibility index (Phi) is 26.2. The summed E-state index contributed by atoms with van der Waals surface area (Å²) in [4.78, 5) is 118. The van der Waals surface area contributed by atoms with Gasteiger partial charge in [-0.25, -0.2) is 13.2 Å².